The zero-order chi connectivity index (χ0) is 6.85. The summed E-state index contributed by atoms with van der Waals surface area (Å²) < 4.78 is 0. The van der Waals surface area contributed by atoms with E-state index in [0.717, 1.165) is 5.56 Å². The number of hydrogen-bond acceptors (Lipinski definition) is 0. The van der Waals surface area contributed by atoms with Crippen molar-refractivity contribution in [2.45, 2.75) is 13.8 Å². The summed E-state index contributed by atoms with van der Waals surface area (Å²) in [6, 6.07) is 6.75. The fourth-order valence-corrected chi connectivity index (χ4v) is 0.694. The zero-order valence-electron chi connectivity index (χ0n) is 6.31. The Balaban J connectivity index is 0.000000810. The molecule has 1 rings (SSSR count). The standard InChI is InChI=1S/C9H9.Y/c1-7-4-5-8(2)9(3)6-7;/h1,5-6H,2-3H3;/q-1;. The minimum Gasteiger partial charge on any atom is -0.180 e. The molecular weight excluding hydrogens is 197 g/mol. The average Bonchev–Trinajstić information content (AvgIpc) is 1.80. The molecule has 1 aromatic carbocycles. The Bertz CT molecular complexity index is 216. The van der Waals surface area contributed by atoms with Gasteiger partial charge in [0, 0.05) is 32.7 Å². The number of rotatable bonds is 0. The van der Waals surface area contributed by atoms with Gasteiger partial charge < -0.3 is 0 Å². The van der Waals surface area contributed by atoms with Gasteiger partial charge in [-0.2, -0.15) is 34.9 Å². The summed E-state index contributed by atoms with van der Waals surface area (Å²) in [5, 5.41) is 0. The first-order valence-electron chi connectivity index (χ1n) is 2.94. The maximum absolute atomic E-state index is 5.47. The molecular formula is C9H9Y-. The maximum Gasteiger partial charge on any atom is 0 e. The summed E-state index contributed by atoms with van der Waals surface area (Å²) in [7, 11) is 0. The molecule has 0 nitrogen and oxygen atoms in total. The van der Waals surface area contributed by atoms with Gasteiger partial charge in [0.2, 0.25) is 0 Å². The van der Waals surface area contributed by atoms with Crippen LogP contribution in [0.5, 0.6) is 0 Å². The van der Waals surface area contributed by atoms with Crippen LogP contribution in [-0.4, -0.2) is 0 Å². The molecule has 0 aromatic heterocycles. The predicted molar refractivity (Wildman–Crippen MR) is 38.2 cm³/mol. The first-order chi connectivity index (χ1) is 4.20. The molecule has 0 saturated heterocycles. The second-order valence-corrected chi connectivity index (χ2v) is 2.25. The van der Waals surface area contributed by atoms with E-state index in [1.807, 2.05) is 26.0 Å². The van der Waals surface area contributed by atoms with Crippen LogP contribution in [0, 0.1) is 26.8 Å². The Morgan fingerprint density at radius 3 is 2.30 bits per heavy atom. The van der Waals surface area contributed by atoms with Crippen LogP contribution in [0.25, 0.3) is 0 Å². The fraction of sp³-hybridized carbons (Fsp3) is 0.222. The summed E-state index contributed by atoms with van der Waals surface area (Å²) in [4.78, 5) is 0. The molecule has 0 amide bonds. The van der Waals surface area contributed by atoms with E-state index in [4.69, 9.17) is 6.92 Å². The monoisotopic (exact) mass is 206 g/mol. The Labute approximate surface area is 87.9 Å². The average molecular weight is 206 g/mol. The Morgan fingerprint density at radius 1 is 1.30 bits per heavy atom. The van der Waals surface area contributed by atoms with Gasteiger partial charge in [0.15, 0.2) is 0 Å². The number of benzene rings is 1. The Kier molecular flexibility index (Phi) is 4.39. The molecule has 0 fully saturated rings. The molecule has 1 heteroatoms. The van der Waals surface area contributed by atoms with Crippen molar-refractivity contribution in [1.29, 1.82) is 0 Å². The van der Waals surface area contributed by atoms with E-state index in [9.17, 15) is 0 Å². The third-order valence-electron chi connectivity index (χ3n) is 1.45. The molecule has 0 heterocycles. The van der Waals surface area contributed by atoms with Crippen molar-refractivity contribution in [2.24, 2.45) is 0 Å². The minimum absolute atomic E-state index is 0. The van der Waals surface area contributed by atoms with Crippen LogP contribution in [0.4, 0.5) is 0 Å². The van der Waals surface area contributed by atoms with E-state index >= 15 is 0 Å². The molecule has 0 saturated carbocycles. The smallest absolute Gasteiger partial charge is 0 e. The Morgan fingerprint density at radius 2 is 1.90 bits per heavy atom. The minimum atomic E-state index is 0. The van der Waals surface area contributed by atoms with E-state index in [0.29, 0.717) is 0 Å². The maximum atomic E-state index is 5.47. The van der Waals surface area contributed by atoms with Crippen LogP contribution in [0.15, 0.2) is 12.1 Å². The van der Waals surface area contributed by atoms with Gasteiger partial charge in [-0.3, -0.25) is 0 Å². The predicted octanol–water partition coefficient (Wildman–Crippen LogP) is 2.16. The van der Waals surface area contributed by atoms with E-state index < -0.39 is 0 Å². The van der Waals surface area contributed by atoms with Gasteiger partial charge >= 0.3 is 0 Å². The first kappa shape index (κ1) is 10.3. The third kappa shape index (κ3) is 2.52. The summed E-state index contributed by atoms with van der Waals surface area (Å²) in [5.74, 6) is 0. The second-order valence-electron chi connectivity index (χ2n) is 2.25. The largest absolute Gasteiger partial charge is 0.180 e. The van der Waals surface area contributed by atoms with E-state index in [-0.39, 0.29) is 32.7 Å². The summed E-state index contributed by atoms with van der Waals surface area (Å²) >= 11 is 0. The SMILES string of the molecule is [CH]c1[c-]cc(C)c(C)c1.[Y]. The molecule has 0 atom stereocenters. The Hall–Kier alpha value is 0.324. The molecule has 0 spiro atoms. The van der Waals surface area contributed by atoms with Gasteiger partial charge in [-0.1, -0.05) is 13.8 Å². The van der Waals surface area contributed by atoms with Crippen molar-refractivity contribution >= 4 is 0 Å². The van der Waals surface area contributed by atoms with Gasteiger partial charge in [0.25, 0.3) is 0 Å². The van der Waals surface area contributed by atoms with Crippen molar-refractivity contribution in [1.82, 2.24) is 0 Å². The number of aryl methyl sites for hydroxylation is 2. The number of hydrogen-bond donors (Lipinski definition) is 0. The van der Waals surface area contributed by atoms with Gasteiger partial charge in [-0.15, -0.1) is 0 Å². The summed E-state index contributed by atoms with van der Waals surface area (Å²) in [6.07, 6.45) is 0. The van der Waals surface area contributed by atoms with Crippen LogP contribution in [0.2, 0.25) is 0 Å². The van der Waals surface area contributed by atoms with Crippen LogP contribution >= 0.6 is 0 Å². The zero-order valence-corrected chi connectivity index (χ0v) is 9.15. The quantitative estimate of drug-likeness (QED) is 0.570. The van der Waals surface area contributed by atoms with Crippen LogP contribution in [0.3, 0.4) is 0 Å². The fourth-order valence-electron chi connectivity index (χ4n) is 0.694. The van der Waals surface area contributed by atoms with Gasteiger partial charge in [-0.05, 0) is 6.92 Å². The molecule has 1 aromatic rings. The van der Waals surface area contributed by atoms with Crippen molar-refractivity contribution in [3.05, 3.63) is 41.8 Å². The van der Waals surface area contributed by atoms with Gasteiger partial charge in [-0.25, -0.2) is 0 Å². The molecule has 0 aliphatic rings. The molecule has 0 unspecified atom stereocenters. The second kappa shape index (κ2) is 4.25. The molecule has 0 aliphatic carbocycles. The summed E-state index contributed by atoms with van der Waals surface area (Å²) in [5.41, 5.74) is 3.19. The van der Waals surface area contributed by atoms with E-state index in [1.165, 1.54) is 11.1 Å². The van der Waals surface area contributed by atoms with Crippen LogP contribution < -0.4 is 0 Å². The van der Waals surface area contributed by atoms with Crippen LogP contribution in [0.1, 0.15) is 16.7 Å². The molecule has 10 heavy (non-hydrogen) atoms. The normalized spacial score (nSPS) is 8.70. The van der Waals surface area contributed by atoms with Crippen molar-refractivity contribution in [3.63, 3.8) is 0 Å². The van der Waals surface area contributed by atoms with E-state index in [2.05, 4.69) is 6.07 Å². The van der Waals surface area contributed by atoms with E-state index in [1.54, 1.807) is 0 Å². The van der Waals surface area contributed by atoms with Crippen LogP contribution in [-0.2, 0) is 32.7 Å². The molecule has 0 N–H and O–H groups in total. The third-order valence-corrected chi connectivity index (χ3v) is 1.45. The summed E-state index contributed by atoms with van der Waals surface area (Å²) in [6.45, 7) is 9.56. The first-order valence-corrected chi connectivity index (χ1v) is 2.94. The van der Waals surface area contributed by atoms with Crippen molar-refractivity contribution in [3.8, 4) is 0 Å². The molecule has 49 valence electrons. The molecule has 3 radical (unpaired) electrons. The van der Waals surface area contributed by atoms with Gasteiger partial charge in [0.1, 0.15) is 0 Å². The van der Waals surface area contributed by atoms with Gasteiger partial charge in [0.05, 0.1) is 0 Å². The topological polar surface area (TPSA) is 0 Å². The van der Waals surface area contributed by atoms with Crippen molar-refractivity contribution in [2.75, 3.05) is 0 Å². The molecule has 0 bridgehead atoms. The van der Waals surface area contributed by atoms with Crippen molar-refractivity contribution < 1.29 is 32.7 Å². The molecule has 0 aliphatic heterocycles.